The van der Waals surface area contributed by atoms with E-state index in [0.29, 0.717) is 15.8 Å². The molecule has 1 aliphatic rings. The van der Waals surface area contributed by atoms with E-state index in [2.05, 4.69) is 12.2 Å². The SMILES string of the molecule is C[C@H]1CNCCN1C(=O)CSc1cc(Cl)ccc1Cl.Cl. The maximum absolute atomic E-state index is 12.2. The maximum Gasteiger partial charge on any atom is 0.233 e. The summed E-state index contributed by atoms with van der Waals surface area (Å²) in [5.41, 5.74) is 0. The first-order valence-corrected chi connectivity index (χ1v) is 7.90. The number of carbonyl (C=O) groups is 1. The fourth-order valence-electron chi connectivity index (χ4n) is 2.02. The van der Waals surface area contributed by atoms with Gasteiger partial charge in [-0.15, -0.1) is 24.2 Å². The lowest BCUT2D eigenvalue weighted by atomic mass is 10.2. The molecule has 1 heterocycles. The van der Waals surface area contributed by atoms with Crippen LogP contribution in [0.25, 0.3) is 0 Å². The molecule has 0 spiro atoms. The summed E-state index contributed by atoms with van der Waals surface area (Å²) in [5.74, 6) is 0.541. The topological polar surface area (TPSA) is 32.3 Å². The Morgan fingerprint density at radius 1 is 1.50 bits per heavy atom. The van der Waals surface area contributed by atoms with Gasteiger partial charge in [0, 0.05) is 35.6 Å². The van der Waals surface area contributed by atoms with Crippen molar-refractivity contribution in [1.82, 2.24) is 10.2 Å². The predicted molar refractivity (Wildman–Crippen MR) is 88.5 cm³/mol. The van der Waals surface area contributed by atoms with Crippen molar-refractivity contribution >= 4 is 53.3 Å². The van der Waals surface area contributed by atoms with E-state index in [4.69, 9.17) is 23.2 Å². The number of halogens is 3. The summed E-state index contributed by atoms with van der Waals surface area (Å²) < 4.78 is 0. The third-order valence-electron chi connectivity index (χ3n) is 3.07. The minimum atomic E-state index is 0. The molecule has 1 N–H and O–H groups in total. The number of piperazine rings is 1. The fraction of sp³-hybridized carbons (Fsp3) is 0.462. The summed E-state index contributed by atoms with van der Waals surface area (Å²) in [6.45, 7) is 4.54. The molecule has 1 amide bonds. The molecule has 1 atom stereocenters. The number of benzene rings is 1. The highest BCUT2D eigenvalue weighted by molar-refractivity contribution is 8.00. The molecule has 1 aliphatic heterocycles. The van der Waals surface area contributed by atoms with Gasteiger partial charge in [-0.1, -0.05) is 23.2 Å². The lowest BCUT2D eigenvalue weighted by Crippen LogP contribution is -2.52. The van der Waals surface area contributed by atoms with E-state index in [-0.39, 0.29) is 24.4 Å². The Hall–Kier alpha value is -0.130. The van der Waals surface area contributed by atoms with Gasteiger partial charge in [-0.3, -0.25) is 4.79 Å². The Labute approximate surface area is 139 Å². The van der Waals surface area contributed by atoms with Gasteiger partial charge in [0.25, 0.3) is 0 Å². The highest BCUT2D eigenvalue weighted by Crippen LogP contribution is 2.30. The molecule has 1 aromatic rings. The van der Waals surface area contributed by atoms with E-state index in [0.717, 1.165) is 24.5 Å². The van der Waals surface area contributed by atoms with Crippen molar-refractivity contribution in [2.75, 3.05) is 25.4 Å². The van der Waals surface area contributed by atoms with Gasteiger partial charge in [0.1, 0.15) is 0 Å². The molecule has 0 aliphatic carbocycles. The number of hydrogen-bond donors (Lipinski definition) is 1. The fourth-order valence-corrected chi connectivity index (χ4v) is 3.40. The van der Waals surface area contributed by atoms with Crippen molar-refractivity contribution in [1.29, 1.82) is 0 Å². The van der Waals surface area contributed by atoms with Crippen LogP contribution >= 0.6 is 47.4 Å². The third kappa shape index (κ3) is 4.71. The van der Waals surface area contributed by atoms with Crippen molar-refractivity contribution in [3.05, 3.63) is 28.2 Å². The number of hydrogen-bond acceptors (Lipinski definition) is 3. The molecule has 0 unspecified atom stereocenters. The molecular weight excluding hydrogens is 339 g/mol. The zero-order valence-corrected chi connectivity index (χ0v) is 14.2. The van der Waals surface area contributed by atoms with Crippen LogP contribution in [0.3, 0.4) is 0 Å². The van der Waals surface area contributed by atoms with E-state index in [9.17, 15) is 4.79 Å². The summed E-state index contributed by atoms with van der Waals surface area (Å²) in [6.07, 6.45) is 0. The zero-order chi connectivity index (χ0) is 13.8. The van der Waals surface area contributed by atoms with Crippen molar-refractivity contribution in [3.63, 3.8) is 0 Å². The first-order chi connectivity index (χ1) is 9.08. The Balaban J connectivity index is 0.00000200. The maximum atomic E-state index is 12.2. The van der Waals surface area contributed by atoms with Crippen molar-refractivity contribution in [2.24, 2.45) is 0 Å². The molecule has 0 aromatic heterocycles. The first kappa shape index (κ1) is 17.9. The van der Waals surface area contributed by atoms with Crippen LogP contribution in [-0.2, 0) is 4.79 Å². The van der Waals surface area contributed by atoms with E-state index >= 15 is 0 Å². The molecule has 0 radical (unpaired) electrons. The molecule has 20 heavy (non-hydrogen) atoms. The second kappa shape index (κ2) is 8.35. The number of nitrogens with one attached hydrogen (secondary N) is 1. The Morgan fingerprint density at radius 2 is 2.25 bits per heavy atom. The minimum Gasteiger partial charge on any atom is -0.337 e. The summed E-state index contributed by atoms with van der Waals surface area (Å²) in [5, 5.41) is 4.54. The zero-order valence-electron chi connectivity index (χ0n) is 11.1. The number of nitrogens with zero attached hydrogens (tertiary/aromatic N) is 1. The van der Waals surface area contributed by atoms with Crippen molar-refractivity contribution in [2.45, 2.75) is 17.9 Å². The van der Waals surface area contributed by atoms with Gasteiger partial charge in [-0.25, -0.2) is 0 Å². The van der Waals surface area contributed by atoms with Crippen LogP contribution in [-0.4, -0.2) is 42.2 Å². The lowest BCUT2D eigenvalue weighted by molar-refractivity contribution is -0.131. The Kier molecular flexibility index (Phi) is 7.48. The molecule has 1 aromatic carbocycles. The van der Waals surface area contributed by atoms with Crippen molar-refractivity contribution in [3.8, 4) is 0 Å². The highest BCUT2D eigenvalue weighted by Gasteiger charge is 2.22. The second-order valence-electron chi connectivity index (χ2n) is 4.50. The standard InChI is InChI=1S/C13H16Cl2N2OS.ClH/c1-9-7-16-4-5-17(9)13(18)8-19-12-6-10(14)2-3-11(12)15;/h2-3,6,9,16H,4-5,7-8H2,1H3;1H/t9-;/m0./s1. The molecule has 3 nitrogen and oxygen atoms in total. The van der Waals surface area contributed by atoms with Gasteiger partial charge < -0.3 is 10.2 Å². The van der Waals surface area contributed by atoms with Crippen LogP contribution in [0.4, 0.5) is 0 Å². The normalized spacial score (nSPS) is 18.6. The van der Waals surface area contributed by atoms with E-state index < -0.39 is 0 Å². The molecule has 1 fully saturated rings. The Bertz CT molecular complexity index is 473. The van der Waals surface area contributed by atoms with E-state index in [1.807, 2.05) is 4.90 Å². The first-order valence-electron chi connectivity index (χ1n) is 6.16. The van der Waals surface area contributed by atoms with E-state index in [1.165, 1.54) is 11.8 Å². The molecule has 2 rings (SSSR count). The van der Waals surface area contributed by atoms with Crippen LogP contribution in [0, 0.1) is 0 Å². The number of carbonyl (C=O) groups excluding carboxylic acids is 1. The monoisotopic (exact) mass is 354 g/mol. The van der Waals surface area contributed by atoms with Gasteiger partial charge in [-0.05, 0) is 25.1 Å². The summed E-state index contributed by atoms with van der Waals surface area (Å²) >= 11 is 13.4. The summed E-state index contributed by atoms with van der Waals surface area (Å²) in [6, 6.07) is 5.54. The molecule has 0 saturated carbocycles. The number of rotatable bonds is 3. The quantitative estimate of drug-likeness (QED) is 0.844. The number of thioether (sulfide) groups is 1. The molecule has 112 valence electrons. The number of amides is 1. The highest BCUT2D eigenvalue weighted by atomic mass is 35.5. The van der Waals surface area contributed by atoms with Gasteiger partial charge in [0.05, 0.1) is 10.8 Å². The van der Waals surface area contributed by atoms with Gasteiger partial charge in [-0.2, -0.15) is 0 Å². The van der Waals surface area contributed by atoms with Crippen LogP contribution in [0.5, 0.6) is 0 Å². The largest absolute Gasteiger partial charge is 0.337 e. The van der Waals surface area contributed by atoms with E-state index in [1.54, 1.807) is 18.2 Å². The van der Waals surface area contributed by atoms with Crippen LogP contribution < -0.4 is 5.32 Å². The molecule has 1 saturated heterocycles. The van der Waals surface area contributed by atoms with Gasteiger partial charge >= 0.3 is 0 Å². The minimum absolute atomic E-state index is 0. The van der Waals surface area contributed by atoms with Gasteiger partial charge in [0.2, 0.25) is 5.91 Å². The second-order valence-corrected chi connectivity index (χ2v) is 6.36. The van der Waals surface area contributed by atoms with Gasteiger partial charge in [0.15, 0.2) is 0 Å². The van der Waals surface area contributed by atoms with Crippen LogP contribution in [0.2, 0.25) is 10.0 Å². The third-order valence-corrected chi connectivity index (χ3v) is 4.78. The predicted octanol–water partition coefficient (Wildman–Crippen LogP) is 3.33. The summed E-state index contributed by atoms with van der Waals surface area (Å²) in [4.78, 5) is 15.0. The van der Waals surface area contributed by atoms with Crippen LogP contribution in [0.15, 0.2) is 23.1 Å². The Morgan fingerprint density at radius 3 is 2.95 bits per heavy atom. The molecular formula is C13H17Cl3N2OS. The molecule has 7 heteroatoms. The molecule has 0 bridgehead atoms. The lowest BCUT2D eigenvalue weighted by Gasteiger charge is -2.34. The van der Waals surface area contributed by atoms with Crippen molar-refractivity contribution < 1.29 is 4.79 Å². The summed E-state index contributed by atoms with van der Waals surface area (Å²) in [7, 11) is 0. The average Bonchev–Trinajstić information content (AvgIpc) is 2.40. The average molecular weight is 356 g/mol. The van der Waals surface area contributed by atoms with Crippen LogP contribution in [0.1, 0.15) is 6.92 Å². The smallest absolute Gasteiger partial charge is 0.233 e.